The van der Waals surface area contributed by atoms with Gasteiger partial charge in [0, 0.05) is 0 Å². The molecule has 2 rings (SSSR count). The molecule has 2 heterocycles. The van der Waals surface area contributed by atoms with Crippen LogP contribution >= 0.6 is 0 Å². The first-order valence-corrected chi connectivity index (χ1v) is 3.21. The molecule has 2 nitrogen and oxygen atoms in total. The second kappa shape index (κ2) is 1.66. The molecular weight excluding hydrogens is 128 g/mol. The monoisotopic (exact) mass is 136 g/mol. The molecule has 0 fully saturated rings. The summed E-state index contributed by atoms with van der Waals surface area (Å²) in [5, 5.41) is 1.08. The van der Waals surface area contributed by atoms with Gasteiger partial charge in [-0.15, -0.1) is 0 Å². The number of hydrogen-bond donors (Lipinski definition) is 0. The summed E-state index contributed by atoms with van der Waals surface area (Å²) in [6, 6.07) is 1.98. The van der Waals surface area contributed by atoms with Crippen molar-refractivity contribution < 1.29 is 8.83 Å². The summed E-state index contributed by atoms with van der Waals surface area (Å²) in [5.74, 6) is 1.53. The minimum absolute atomic E-state index is 0.634. The van der Waals surface area contributed by atoms with Crippen molar-refractivity contribution in [3.05, 3.63) is 23.7 Å². The van der Waals surface area contributed by atoms with E-state index in [1.54, 1.807) is 6.26 Å². The maximum atomic E-state index is 5.22. The van der Waals surface area contributed by atoms with Crippen molar-refractivity contribution in [2.24, 2.45) is 0 Å². The van der Waals surface area contributed by atoms with E-state index in [0.717, 1.165) is 16.7 Å². The Morgan fingerprint density at radius 3 is 2.80 bits per heavy atom. The van der Waals surface area contributed by atoms with Crippen LogP contribution in [0, 0.1) is 13.8 Å². The summed E-state index contributed by atoms with van der Waals surface area (Å²) in [5.41, 5.74) is 1.13. The van der Waals surface area contributed by atoms with Crippen LogP contribution in [-0.2, 0) is 0 Å². The van der Waals surface area contributed by atoms with Gasteiger partial charge in [0.15, 0.2) is 0 Å². The smallest absolute Gasteiger partial charge is 0.297 e. The van der Waals surface area contributed by atoms with Crippen molar-refractivity contribution in [2.75, 3.05) is 0 Å². The van der Waals surface area contributed by atoms with E-state index in [1.807, 2.05) is 19.9 Å². The average molecular weight is 136 g/mol. The highest BCUT2D eigenvalue weighted by molar-refractivity contribution is 5.76. The predicted molar refractivity (Wildman–Crippen MR) is 38.0 cm³/mol. The Hall–Kier alpha value is -1.18. The Bertz CT molecular complexity index is 354. The Labute approximate surface area is 58.4 Å². The number of fused-ring (bicyclic) bond motifs is 1. The standard InChI is InChI=1S/C8H8O2/c1-5-4-9-8-7(5)3-6(2)10-8/h3-4H,1-2H3. The molecule has 52 valence electrons. The minimum Gasteiger partial charge on any atom is -0.433 e. The van der Waals surface area contributed by atoms with Crippen molar-refractivity contribution in [2.45, 2.75) is 13.8 Å². The fourth-order valence-corrected chi connectivity index (χ4v) is 1.06. The van der Waals surface area contributed by atoms with Crippen LogP contribution in [0.15, 0.2) is 21.2 Å². The van der Waals surface area contributed by atoms with Crippen molar-refractivity contribution in [3.63, 3.8) is 0 Å². The van der Waals surface area contributed by atoms with Gasteiger partial charge in [0.2, 0.25) is 0 Å². The van der Waals surface area contributed by atoms with Crippen molar-refractivity contribution >= 4 is 11.2 Å². The Kier molecular flexibility index (Phi) is 0.926. The first-order chi connectivity index (χ1) is 4.77. The van der Waals surface area contributed by atoms with Crippen molar-refractivity contribution in [3.8, 4) is 0 Å². The van der Waals surface area contributed by atoms with Crippen LogP contribution < -0.4 is 0 Å². The number of rotatable bonds is 0. The molecule has 0 unspecified atom stereocenters. The highest BCUT2D eigenvalue weighted by Crippen LogP contribution is 2.23. The quantitative estimate of drug-likeness (QED) is 0.556. The fourth-order valence-electron chi connectivity index (χ4n) is 1.06. The molecule has 2 aromatic rings. The van der Waals surface area contributed by atoms with Gasteiger partial charge in [-0.2, -0.15) is 0 Å². The second-order valence-electron chi connectivity index (χ2n) is 2.48. The average Bonchev–Trinajstić information content (AvgIpc) is 2.35. The van der Waals surface area contributed by atoms with Crippen LogP contribution in [-0.4, -0.2) is 0 Å². The number of aryl methyl sites for hydroxylation is 2. The molecule has 2 aromatic heterocycles. The fraction of sp³-hybridized carbons (Fsp3) is 0.250. The van der Waals surface area contributed by atoms with E-state index in [-0.39, 0.29) is 0 Å². The van der Waals surface area contributed by atoms with E-state index < -0.39 is 0 Å². The van der Waals surface area contributed by atoms with Crippen LogP contribution in [0.25, 0.3) is 11.2 Å². The summed E-state index contributed by atoms with van der Waals surface area (Å²) >= 11 is 0. The van der Waals surface area contributed by atoms with Gasteiger partial charge in [-0.3, -0.25) is 0 Å². The molecule has 0 N–H and O–H groups in total. The van der Waals surface area contributed by atoms with Crippen LogP contribution in [0.1, 0.15) is 11.3 Å². The van der Waals surface area contributed by atoms with E-state index >= 15 is 0 Å². The summed E-state index contributed by atoms with van der Waals surface area (Å²) in [7, 11) is 0. The summed E-state index contributed by atoms with van der Waals surface area (Å²) in [4.78, 5) is 0. The van der Waals surface area contributed by atoms with Crippen LogP contribution in [0.3, 0.4) is 0 Å². The molecule has 0 saturated heterocycles. The lowest BCUT2D eigenvalue weighted by Crippen LogP contribution is -1.58. The first kappa shape index (κ1) is 5.59. The van der Waals surface area contributed by atoms with Crippen LogP contribution in [0.5, 0.6) is 0 Å². The third-order valence-electron chi connectivity index (χ3n) is 1.59. The largest absolute Gasteiger partial charge is 0.433 e. The molecule has 0 spiro atoms. The summed E-state index contributed by atoms with van der Waals surface area (Å²) in [6.07, 6.45) is 1.70. The molecule has 0 aromatic carbocycles. The van der Waals surface area contributed by atoms with Gasteiger partial charge >= 0.3 is 0 Å². The molecule has 0 bridgehead atoms. The first-order valence-electron chi connectivity index (χ1n) is 3.21. The zero-order valence-electron chi connectivity index (χ0n) is 5.97. The van der Waals surface area contributed by atoms with E-state index in [1.165, 1.54) is 0 Å². The molecule has 0 amide bonds. The van der Waals surface area contributed by atoms with Gasteiger partial charge in [0.25, 0.3) is 5.78 Å². The molecule has 2 heteroatoms. The maximum Gasteiger partial charge on any atom is 0.297 e. The minimum atomic E-state index is 0.634. The van der Waals surface area contributed by atoms with Gasteiger partial charge < -0.3 is 8.83 Å². The van der Waals surface area contributed by atoms with E-state index in [2.05, 4.69) is 0 Å². The Morgan fingerprint density at radius 1 is 1.30 bits per heavy atom. The third kappa shape index (κ3) is 0.588. The lowest BCUT2D eigenvalue weighted by Gasteiger charge is -1.75. The summed E-state index contributed by atoms with van der Waals surface area (Å²) < 4.78 is 10.3. The van der Waals surface area contributed by atoms with Gasteiger partial charge in [0.1, 0.15) is 5.76 Å². The SMILES string of the molecule is Cc1cc2c(C)coc2o1. The highest BCUT2D eigenvalue weighted by atomic mass is 16.5. The molecule has 0 aliphatic carbocycles. The zero-order valence-corrected chi connectivity index (χ0v) is 5.97. The normalized spacial score (nSPS) is 11.0. The van der Waals surface area contributed by atoms with E-state index in [9.17, 15) is 0 Å². The van der Waals surface area contributed by atoms with E-state index in [4.69, 9.17) is 8.83 Å². The van der Waals surface area contributed by atoms with Crippen LogP contribution in [0.2, 0.25) is 0 Å². The van der Waals surface area contributed by atoms with Gasteiger partial charge in [-0.25, -0.2) is 0 Å². The summed E-state index contributed by atoms with van der Waals surface area (Å²) in [6.45, 7) is 3.91. The maximum absolute atomic E-state index is 5.22. The number of furan rings is 2. The Balaban J connectivity index is 2.90. The van der Waals surface area contributed by atoms with Crippen LogP contribution in [0.4, 0.5) is 0 Å². The predicted octanol–water partition coefficient (Wildman–Crippen LogP) is 2.64. The molecular formula is C8H8O2. The topological polar surface area (TPSA) is 26.3 Å². The van der Waals surface area contributed by atoms with Crippen molar-refractivity contribution in [1.29, 1.82) is 0 Å². The van der Waals surface area contributed by atoms with Gasteiger partial charge in [-0.05, 0) is 25.5 Å². The number of hydrogen-bond acceptors (Lipinski definition) is 2. The second-order valence-corrected chi connectivity index (χ2v) is 2.48. The van der Waals surface area contributed by atoms with Gasteiger partial charge in [-0.1, -0.05) is 0 Å². The molecule has 0 atom stereocenters. The van der Waals surface area contributed by atoms with Gasteiger partial charge in [0.05, 0.1) is 11.6 Å². The molecule has 0 aliphatic rings. The molecule has 0 radical (unpaired) electrons. The highest BCUT2D eigenvalue weighted by Gasteiger charge is 2.05. The Morgan fingerprint density at radius 2 is 2.10 bits per heavy atom. The lowest BCUT2D eigenvalue weighted by molar-refractivity contribution is 0.461. The zero-order chi connectivity index (χ0) is 7.14. The lowest BCUT2D eigenvalue weighted by atomic mass is 10.3. The third-order valence-corrected chi connectivity index (χ3v) is 1.59. The molecule has 0 aliphatic heterocycles. The van der Waals surface area contributed by atoms with E-state index in [0.29, 0.717) is 5.78 Å². The van der Waals surface area contributed by atoms with Crippen molar-refractivity contribution in [1.82, 2.24) is 0 Å². The molecule has 10 heavy (non-hydrogen) atoms. The molecule has 0 saturated carbocycles.